The van der Waals surface area contributed by atoms with Gasteiger partial charge in [0.1, 0.15) is 5.82 Å². The molecule has 0 aliphatic heterocycles. The monoisotopic (exact) mass is 332 g/mol. The fraction of sp³-hybridized carbons (Fsp3) is 0.167. The number of rotatable bonds is 4. The highest BCUT2D eigenvalue weighted by Gasteiger charge is 2.14. The molecule has 0 saturated heterocycles. The van der Waals surface area contributed by atoms with Crippen LogP contribution >= 0.6 is 11.6 Å². The molecule has 1 aromatic heterocycles. The zero-order valence-corrected chi connectivity index (χ0v) is 13.6. The summed E-state index contributed by atoms with van der Waals surface area (Å²) >= 11 is 6.10. The third-order valence-electron chi connectivity index (χ3n) is 3.74. The third-order valence-corrected chi connectivity index (χ3v) is 4.10. The lowest BCUT2D eigenvalue weighted by molar-refractivity contribution is -0.687. The van der Waals surface area contributed by atoms with Crippen molar-refractivity contribution in [2.45, 2.75) is 6.54 Å². The first-order valence-electron chi connectivity index (χ1n) is 7.10. The smallest absolute Gasteiger partial charge is 0.178 e. The number of methoxy groups -OCH3 is 2. The maximum Gasteiger partial charge on any atom is 0.178 e. The van der Waals surface area contributed by atoms with Gasteiger partial charge in [-0.15, -0.1) is 0 Å². The number of aromatic nitrogens is 1. The average Bonchev–Trinajstić information content (AvgIpc) is 2.56. The summed E-state index contributed by atoms with van der Waals surface area (Å²) in [6, 6.07) is 10.5. The van der Waals surface area contributed by atoms with E-state index in [9.17, 15) is 4.39 Å². The number of pyridine rings is 1. The van der Waals surface area contributed by atoms with Gasteiger partial charge in [0, 0.05) is 11.5 Å². The van der Waals surface area contributed by atoms with Crippen LogP contribution < -0.4 is 14.0 Å². The molecule has 1 heterocycles. The summed E-state index contributed by atoms with van der Waals surface area (Å²) in [7, 11) is 3.20. The van der Waals surface area contributed by atoms with Gasteiger partial charge in [-0.05, 0) is 29.7 Å². The van der Waals surface area contributed by atoms with Crippen LogP contribution in [0.1, 0.15) is 5.56 Å². The fourth-order valence-electron chi connectivity index (χ4n) is 2.53. The standard InChI is InChI=1S/C18H16ClFNO2/c1-22-17-8-12-6-7-21(10-13(12)9-18(17)23-2)11-14-15(19)4-3-5-16(14)20/h3-10H,11H2,1-2H3/q+1. The fourth-order valence-corrected chi connectivity index (χ4v) is 2.75. The van der Waals surface area contributed by atoms with Crippen LogP contribution in [0.2, 0.25) is 5.02 Å². The van der Waals surface area contributed by atoms with Crippen LogP contribution in [0.5, 0.6) is 11.5 Å². The summed E-state index contributed by atoms with van der Waals surface area (Å²) in [5, 5.41) is 2.40. The van der Waals surface area contributed by atoms with E-state index in [4.69, 9.17) is 21.1 Å². The molecular formula is C18H16ClFNO2+. The highest BCUT2D eigenvalue weighted by Crippen LogP contribution is 2.31. The minimum atomic E-state index is -0.308. The molecule has 118 valence electrons. The Labute approximate surface area is 138 Å². The van der Waals surface area contributed by atoms with E-state index in [1.165, 1.54) is 6.07 Å². The molecule has 0 N–H and O–H groups in total. The molecule has 23 heavy (non-hydrogen) atoms. The Balaban J connectivity index is 2.03. The second kappa shape index (κ2) is 6.42. The number of nitrogens with zero attached hydrogens (tertiary/aromatic N) is 1. The van der Waals surface area contributed by atoms with Crippen LogP contribution in [-0.2, 0) is 6.54 Å². The second-order valence-corrected chi connectivity index (χ2v) is 5.56. The summed E-state index contributed by atoms with van der Waals surface area (Å²) in [4.78, 5) is 0. The van der Waals surface area contributed by atoms with Crippen LogP contribution in [0, 0.1) is 5.82 Å². The normalized spacial score (nSPS) is 10.8. The Morgan fingerprint density at radius 1 is 1.04 bits per heavy atom. The van der Waals surface area contributed by atoms with Gasteiger partial charge in [0.2, 0.25) is 0 Å². The topological polar surface area (TPSA) is 22.3 Å². The predicted molar refractivity (Wildman–Crippen MR) is 87.8 cm³/mol. The van der Waals surface area contributed by atoms with Gasteiger partial charge in [-0.3, -0.25) is 0 Å². The van der Waals surface area contributed by atoms with Crippen LogP contribution in [0.4, 0.5) is 4.39 Å². The Morgan fingerprint density at radius 3 is 2.39 bits per heavy atom. The van der Waals surface area contributed by atoms with Gasteiger partial charge in [0.15, 0.2) is 30.4 Å². The first-order valence-corrected chi connectivity index (χ1v) is 7.48. The molecule has 0 aliphatic rings. The quantitative estimate of drug-likeness (QED) is 0.674. The molecule has 2 aromatic carbocycles. The average molecular weight is 333 g/mol. The number of ether oxygens (including phenoxy) is 2. The van der Waals surface area contributed by atoms with E-state index >= 15 is 0 Å². The molecule has 0 spiro atoms. The van der Waals surface area contributed by atoms with Gasteiger partial charge >= 0.3 is 0 Å². The molecule has 3 aromatic rings. The molecule has 0 amide bonds. The van der Waals surface area contributed by atoms with E-state index in [2.05, 4.69) is 0 Å². The van der Waals surface area contributed by atoms with Crippen molar-refractivity contribution in [2.75, 3.05) is 14.2 Å². The van der Waals surface area contributed by atoms with Crippen LogP contribution in [-0.4, -0.2) is 14.2 Å². The van der Waals surface area contributed by atoms with Gasteiger partial charge in [-0.25, -0.2) is 4.39 Å². The summed E-state index contributed by atoms with van der Waals surface area (Å²) in [5.74, 6) is 1.02. The molecule has 0 radical (unpaired) electrons. The van der Waals surface area contributed by atoms with E-state index in [0.717, 1.165) is 10.8 Å². The highest BCUT2D eigenvalue weighted by molar-refractivity contribution is 6.31. The molecule has 5 heteroatoms. The molecular weight excluding hydrogens is 317 g/mol. The Morgan fingerprint density at radius 2 is 1.74 bits per heavy atom. The zero-order valence-electron chi connectivity index (χ0n) is 12.8. The number of hydrogen-bond acceptors (Lipinski definition) is 2. The molecule has 0 atom stereocenters. The van der Waals surface area contributed by atoms with Gasteiger partial charge in [0.05, 0.1) is 24.8 Å². The lowest BCUT2D eigenvalue weighted by Crippen LogP contribution is -2.33. The van der Waals surface area contributed by atoms with E-state index in [1.54, 1.807) is 26.4 Å². The van der Waals surface area contributed by atoms with Crippen LogP contribution in [0.3, 0.4) is 0 Å². The van der Waals surface area contributed by atoms with E-state index in [1.807, 2.05) is 35.2 Å². The first kappa shape index (κ1) is 15.6. The van der Waals surface area contributed by atoms with Crippen LogP contribution in [0.25, 0.3) is 10.8 Å². The van der Waals surface area contributed by atoms with Gasteiger partial charge < -0.3 is 9.47 Å². The molecule has 0 aliphatic carbocycles. The maximum atomic E-state index is 13.9. The number of fused-ring (bicyclic) bond motifs is 1. The van der Waals surface area contributed by atoms with Crippen molar-refractivity contribution in [3.63, 3.8) is 0 Å². The lowest BCUT2D eigenvalue weighted by Gasteiger charge is -2.09. The van der Waals surface area contributed by atoms with Crippen molar-refractivity contribution in [3.8, 4) is 11.5 Å². The van der Waals surface area contributed by atoms with Crippen molar-refractivity contribution >= 4 is 22.4 Å². The Kier molecular flexibility index (Phi) is 4.35. The van der Waals surface area contributed by atoms with Crippen molar-refractivity contribution in [2.24, 2.45) is 0 Å². The Hall–Kier alpha value is -2.33. The molecule has 0 saturated carbocycles. The largest absolute Gasteiger partial charge is 0.493 e. The molecule has 0 bridgehead atoms. The van der Waals surface area contributed by atoms with Crippen molar-refractivity contribution in [1.29, 1.82) is 0 Å². The van der Waals surface area contributed by atoms with Gasteiger partial charge in [0.25, 0.3) is 0 Å². The summed E-state index contributed by atoms with van der Waals surface area (Å²) in [6.07, 6.45) is 3.82. The second-order valence-electron chi connectivity index (χ2n) is 5.15. The van der Waals surface area contributed by atoms with E-state index in [0.29, 0.717) is 28.6 Å². The van der Waals surface area contributed by atoms with Crippen molar-refractivity contribution in [3.05, 3.63) is 65.2 Å². The van der Waals surface area contributed by atoms with Crippen LogP contribution in [0.15, 0.2) is 48.8 Å². The number of halogens is 2. The van der Waals surface area contributed by atoms with Crippen molar-refractivity contribution in [1.82, 2.24) is 0 Å². The highest BCUT2D eigenvalue weighted by atomic mass is 35.5. The predicted octanol–water partition coefficient (Wildman–Crippen LogP) is 3.99. The Bertz CT molecular complexity index is 847. The van der Waals surface area contributed by atoms with E-state index < -0.39 is 0 Å². The molecule has 3 nitrogen and oxygen atoms in total. The number of hydrogen-bond donors (Lipinski definition) is 0. The summed E-state index contributed by atoms with van der Waals surface area (Å²) in [6.45, 7) is 0.357. The molecule has 0 fully saturated rings. The SMILES string of the molecule is COc1cc2cc[n+](Cc3c(F)cccc3Cl)cc2cc1OC. The van der Waals surface area contributed by atoms with Crippen molar-refractivity contribution < 1.29 is 18.4 Å². The van der Waals surface area contributed by atoms with E-state index in [-0.39, 0.29) is 5.82 Å². The summed E-state index contributed by atoms with van der Waals surface area (Å²) < 4.78 is 26.4. The van der Waals surface area contributed by atoms with Gasteiger partial charge in [-0.1, -0.05) is 17.7 Å². The third kappa shape index (κ3) is 3.08. The minimum absolute atomic E-state index is 0.308. The summed E-state index contributed by atoms with van der Waals surface area (Å²) in [5.41, 5.74) is 0.471. The minimum Gasteiger partial charge on any atom is -0.493 e. The molecule has 0 unspecified atom stereocenters. The number of benzene rings is 2. The maximum absolute atomic E-state index is 13.9. The first-order chi connectivity index (χ1) is 11.1. The lowest BCUT2D eigenvalue weighted by atomic mass is 10.1. The molecule has 3 rings (SSSR count). The zero-order chi connectivity index (χ0) is 16.4. The van der Waals surface area contributed by atoms with Gasteiger partial charge in [-0.2, -0.15) is 4.57 Å².